The molecule has 4 heteroatoms. The molecule has 0 bridgehead atoms. The van der Waals surface area contributed by atoms with Crippen LogP contribution in [0, 0.1) is 0 Å². The summed E-state index contributed by atoms with van der Waals surface area (Å²) in [4.78, 5) is 4.22. The maximum atomic E-state index is 6.01. The van der Waals surface area contributed by atoms with E-state index in [1.165, 1.54) is 5.56 Å². The Balaban J connectivity index is 1.87. The summed E-state index contributed by atoms with van der Waals surface area (Å²) in [5, 5.41) is 7.54. The smallest absolute Gasteiger partial charge is 0.191 e. The Hall–Kier alpha value is -1.22. The molecule has 2 atom stereocenters. The fourth-order valence-corrected chi connectivity index (χ4v) is 2.27. The van der Waals surface area contributed by atoms with E-state index in [0.717, 1.165) is 30.4 Å². The molecule has 1 aliphatic rings. The fourth-order valence-electron chi connectivity index (χ4n) is 2.07. The highest BCUT2D eigenvalue weighted by atomic mass is 35.5. The molecule has 2 unspecified atom stereocenters. The molecule has 98 valence electrons. The standard InChI is InChI=1S/C14H20ClN3/c1-3-7-17-14(16-2)18-13-9-12(13)10-5-4-6-11(15)8-10/h4-6,8,12-13H,3,7,9H2,1-2H3,(H2,16,17,18). The number of guanidine groups is 1. The number of hydrogen-bond donors (Lipinski definition) is 2. The molecule has 1 aromatic carbocycles. The summed E-state index contributed by atoms with van der Waals surface area (Å²) in [5.41, 5.74) is 1.31. The average Bonchev–Trinajstić information content (AvgIpc) is 3.13. The first-order chi connectivity index (χ1) is 8.74. The van der Waals surface area contributed by atoms with Gasteiger partial charge in [-0.25, -0.2) is 0 Å². The molecule has 0 aliphatic heterocycles. The zero-order valence-electron chi connectivity index (χ0n) is 10.9. The second kappa shape index (κ2) is 6.10. The summed E-state index contributed by atoms with van der Waals surface area (Å²) in [6, 6.07) is 8.59. The van der Waals surface area contributed by atoms with Crippen molar-refractivity contribution in [2.75, 3.05) is 13.6 Å². The molecular formula is C14H20ClN3. The van der Waals surface area contributed by atoms with Gasteiger partial charge in [-0.3, -0.25) is 4.99 Å². The molecule has 1 aliphatic carbocycles. The van der Waals surface area contributed by atoms with Crippen molar-refractivity contribution in [3.05, 3.63) is 34.9 Å². The first-order valence-electron chi connectivity index (χ1n) is 6.47. The summed E-state index contributed by atoms with van der Waals surface area (Å²) in [5.74, 6) is 1.45. The highest BCUT2D eigenvalue weighted by Gasteiger charge is 2.38. The molecular weight excluding hydrogens is 246 g/mol. The van der Waals surface area contributed by atoms with E-state index in [1.54, 1.807) is 0 Å². The van der Waals surface area contributed by atoms with Gasteiger partial charge in [0.1, 0.15) is 0 Å². The minimum absolute atomic E-state index is 0.478. The Bertz CT molecular complexity index is 431. The van der Waals surface area contributed by atoms with E-state index in [2.05, 4.69) is 34.7 Å². The van der Waals surface area contributed by atoms with Crippen molar-refractivity contribution in [2.24, 2.45) is 4.99 Å². The second-order valence-corrected chi connectivity index (χ2v) is 5.08. The summed E-state index contributed by atoms with van der Waals surface area (Å²) in [7, 11) is 1.81. The van der Waals surface area contributed by atoms with Crippen molar-refractivity contribution in [3.63, 3.8) is 0 Å². The highest BCUT2D eigenvalue weighted by Crippen LogP contribution is 2.41. The van der Waals surface area contributed by atoms with Crippen molar-refractivity contribution in [1.82, 2.24) is 10.6 Å². The lowest BCUT2D eigenvalue weighted by Gasteiger charge is -2.10. The van der Waals surface area contributed by atoms with Crippen LogP contribution in [0.15, 0.2) is 29.3 Å². The summed E-state index contributed by atoms with van der Waals surface area (Å²) < 4.78 is 0. The third-order valence-electron chi connectivity index (χ3n) is 3.16. The predicted octanol–water partition coefficient (Wildman–Crippen LogP) is 2.77. The monoisotopic (exact) mass is 265 g/mol. The third-order valence-corrected chi connectivity index (χ3v) is 3.39. The van der Waals surface area contributed by atoms with Crippen molar-refractivity contribution in [3.8, 4) is 0 Å². The van der Waals surface area contributed by atoms with Gasteiger partial charge in [0.05, 0.1) is 0 Å². The zero-order chi connectivity index (χ0) is 13.0. The summed E-state index contributed by atoms with van der Waals surface area (Å²) >= 11 is 6.01. The largest absolute Gasteiger partial charge is 0.356 e. The van der Waals surface area contributed by atoms with Crippen molar-refractivity contribution < 1.29 is 0 Å². The molecule has 1 fully saturated rings. The lowest BCUT2D eigenvalue weighted by molar-refractivity contribution is 0.769. The zero-order valence-corrected chi connectivity index (χ0v) is 11.7. The van der Waals surface area contributed by atoms with Crippen molar-refractivity contribution >= 4 is 17.6 Å². The normalized spacial score (nSPS) is 22.7. The van der Waals surface area contributed by atoms with Gasteiger partial charge in [-0.2, -0.15) is 0 Å². The SMILES string of the molecule is CCCNC(=NC)NC1CC1c1cccc(Cl)c1. The van der Waals surface area contributed by atoms with Gasteiger partial charge in [-0.05, 0) is 30.5 Å². The van der Waals surface area contributed by atoms with Gasteiger partial charge in [0, 0.05) is 30.6 Å². The molecule has 2 rings (SSSR count). The summed E-state index contributed by atoms with van der Waals surface area (Å²) in [6.45, 7) is 3.10. The Labute approximate surface area is 114 Å². The molecule has 0 radical (unpaired) electrons. The van der Waals surface area contributed by atoms with Crippen LogP contribution in [0.25, 0.3) is 0 Å². The molecule has 2 N–H and O–H groups in total. The maximum Gasteiger partial charge on any atom is 0.191 e. The number of hydrogen-bond acceptors (Lipinski definition) is 1. The molecule has 3 nitrogen and oxygen atoms in total. The van der Waals surface area contributed by atoms with Gasteiger partial charge in [-0.15, -0.1) is 0 Å². The molecule has 0 heterocycles. The number of rotatable bonds is 4. The van der Waals surface area contributed by atoms with E-state index in [1.807, 2.05) is 19.2 Å². The fraction of sp³-hybridized carbons (Fsp3) is 0.500. The van der Waals surface area contributed by atoms with Gasteiger partial charge in [-0.1, -0.05) is 30.7 Å². The Morgan fingerprint density at radius 3 is 3.00 bits per heavy atom. The van der Waals surface area contributed by atoms with Gasteiger partial charge < -0.3 is 10.6 Å². The first-order valence-corrected chi connectivity index (χ1v) is 6.85. The molecule has 0 saturated heterocycles. The van der Waals surface area contributed by atoms with E-state index in [0.29, 0.717) is 12.0 Å². The van der Waals surface area contributed by atoms with Crippen molar-refractivity contribution in [2.45, 2.75) is 31.7 Å². The first kappa shape index (κ1) is 13.2. The summed E-state index contributed by atoms with van der Waals surface area (Å²) in [6.07, 6.45) is 2.25. The van der Waals surface area contributed by atoms with Crippen LogP contribution >= 0.6 is 11.6 Å². The molecule has 0 amide bonds. The average molecular weight is 266 g/mol. The lowest BCUT2D eigenvalue weighted by Crippen LogP contribution is -2.39. The van der Waals surface area contributed by atoms with Crippen LogP contribution in [0.2, 0.25) is 5.02 Å². The van der Waals surface area contributed by atoms with E-state index in [4.69, 9.17) is 11.6 Å². The van der Waals surface area contributed by atoms with Crippen LogP contribution in [0.5, 0.6) is 0 Å². The van der Waals surface area contributed by atoms with Crippen LogP contribution in [0.3, 0.4) is 0 Å². The number of nitrogens with zero attached hydrogens (tertiary/aromatic N) is 1. The minimum atomic E-state index is 0.478. The highest BCUT2D eigenvalue weighted by molar-refractivity contribution is 6.30. The van der Waals surface area contributed by atoms with Crippen molar-refractivity contribution in [1.29, 1.82) is 0 Å². The van der Waals surface area contributed by atoms with Crippen LogP contribution in [-0.4, -0.2) is 25.6 Å². The van der Waals surface area contributed by atoms with Gasteiger partial charge >= 0.3 is 0 Å². The number of aliphatic imine (C=N–C) groups is 1. The topological polar surface area (TPSA) is 36.4 Å². The predicted molar refractivity (Wildman–Crippen MR) is 77.4 cm³/mol. The maximum absolute atomic E-state index is 6.01. The molecule has 0 spiro atoms. The van der Waals surface area contributed by atoms with Crippen LogP contribution in [0.4, 0.5) is 0 Å². The molecule has 18 heavy (non-hydrogen) atoms. The molecule has 1 aromatic rings. The number of benzene rings is 1. The minimum Gasteiger partial charge on any atom is -0.356 e. The van der Waals surface area contributed by atoms with E-state index < -0.39 is 0 Å². The van der Waals surface area contributed by atoms with Gasteiger partial charge in [0.25, 0.3) is 0 Å². The van der Waals surface area contributed by atoms with Gasteiger partial charge in [0.2, 0.25) is 0 Å². The quantitative estimate of drug-likeness (QED) is 0.649. The van der Waals surface area contributed by atoms with Crippen LogP contribution < -0.4 is 10.6 Å². The van der Waals surface area contributed by atoms with Crippen LogP contribution in [-0.2, 0) is 0 Å². The van der Waals surface area contributed by atoms with Crippen LogP contribution in [0.1, 0.15) is 31.2 Å². The van der Waals surface area contributed by atoms with E-state index in [9.17, 15) is 0 Å². The second-order valence-electron chi connectivity index (χ2n) is 4.65. The molecule has 1 saturated carbocycles. The molecule has 0 aromatic heterocycles. The Morgan fingerprint density at radius 2 is 2.33 bits per heavy atom. The Morgan fingerprint density at radius 1 is 1.50 bits per heavy atom. The lowest BCUT2D eigenvalue weighted by atomic mass is 10.1. The number of halogens is 1. The van der Waals surface area contributed by atoms with Gasteiger partial charge in [0.15, 0.2) is 5.96 Å². The van der Waals surface area contributed by atoms with E-state index >= 15 is 0 Å². The number of nitrogens with one attached hydrogen (secondary N) is 2. The van der Waals surface area contributed by atoms with E-state index in [-0.39, 0.29) is 0 Å². The Kier molecular flexibility index (Phi) is 4.48. The third kappa shape index (κ3) is 3.39.